The Bertz CT molecular complexity index is 507. The van der Waals surface area contributed by atoms with E-state index in [0.717, 1.165) is 25.7 Å². The number of nitrogens with one attached hydrogen (secondary N) is 1. The fourth-order valence-electron chi connectivity index (χ4n) is 2.42. The van der Waals surface area contributed by atoms with Crippen LogP contribution in [0.3, 0.4) is 0 Å². The van der Waals surface area contributed by atoms with Crippen molar-refractivity contribution >= 4 is 12.2 Å². The number of carbonyl (C=O) groups excluding carboxylic acids is 2. The molecule has 1 heterocycles. The lowest BCUT2D eigenvalue weighted by Gasteiger charge is -2.32. The molecule has 0 unspecified atom stereocenters. The number of carbonyl (C=O) groups is 2. The smallest absolute Gasteiger partial charge is 0.419 e. The molecular weight excluding hydrogens is 286 g/mol. The average molecular weight is 309 g/mol. The SMILES string of the molecule is CC(C)(C)OC(=O)N[C@H]1CCCC[C@@H]1OC(=O)n1ccnc1. The number of amides is 1. The standard InChI is InChI=1S/C15H23N3O4/c1-15(2,3)22-13(19)17-11-6-4-5-7-12(11)21-14(20)18-9-8-16-10-18/h8-12H,4-7H2,1-3H3,(H,17,19)/t11-,12-/m0/s1. The number of imidazole rings is 1. The molecule has 0 radical (unpaired) electrons. The summed E-state index contributed by atoms with van der Waals surface area (Å²) in [6.45, 7) is 5.43. The largest absolute Gasteiger partial charge is 0.444 e. The van der Waals surface area contributed by atoms with E-state index in [1.54, 1.807) is 0 Å². The van der Waals surface area contributed by atoms with Gasteiger partial charge in [-0.2, -0.15) is 0 Å². The van der Waals surface area contributed by atoms with Crippen molar-refractivity contribution in [2.45, 2.75) is 64.2 Å². The van der Waals surface area contributed by atoms with E-state index in [4.69, 9.17) is 9.47 Å². The topological polar surface area (TPSA) is 82.5 Å². The third-order valence-electron chi connectivity index (χ3n) is 3.37. The Hall–Kier alpha value is -2.05. The minimum atomic E-state index is -0.554. The van der Waals surface area contributed by atoms with Gasteiger partial charge in [-0.05, 0) is 40.0 Å². The highest BCUT2D eigenvalue weighted by atomic mass is 16.6. The number of hydrogen-bond acceptors (Lipinski definition) is 5. The van der Waals surface area contributed by atoms with Gasteiger partial charge in [0.15, 0.2) is 0 Å². The summed E-state index contributed by atoms with van der Waals surface area (Å²) in [5, 5.41) is 2.81. The van der Waals surface area contributed by atoms with Crippen LogP contribution >= 0.6 is 0 Å². The van der Waals surface area contributed by atoms with Gasteiger partial charge in [0.25, 0.3) is 0 Å². The van der Waals surface area contributed by atoms with E-state index >= 15 is 0 Å². The second kappa shape index (κ2) is 6.81. The van der Waals surface area contributed by atoms with Crippen molar-refractivity contribution in [3.05, 3.63) is 18.7 Å². The molecule has 0 aliphatic heterocycles. The fourth-order valence-corrected chi connectivity index (χ4v) is 2.42. The van der Waals surface area contributed by atoms with Crippen LogP contribution in [0.25, 0.3) is 0 Å². The summed E-state index contributed by atoms with van der Waals surface area (Å²) in [6.07, 6.45) is 6.55. The van der Waals surface area contributed by atoms with Crippen molar-refractivity contribution in [3.63, 3.8) is 0 Å². The Kier molecular flexibility index (Phi) is 5.05. The van der Waals surface area contributed by atoms with E-state index in [9.17, 15) is 9.59 Å². The molecule has 7 nitrogen and oxygen atoms in total. The lowest BCUT2D eigenvalue weighted by molar-refractivity contribution is 0.0280. The Morgan fingerprint density at radius 3 is 2.64 bits per heavy atom. The molecule has 2 rings (SSSR count). The quantitative estimate of drug-likeness (QED) is 0.908. The van der Waals surface area contributed by atoms with Crippen LogP contribution in [-0.2, 0) is 9.47 Å². The first-order valence-electron chi connectivity index (χ1n) is 7.53. The zero-order valence-corrected chi connectivity index (χ0v) is 13.2. The summed E-state index contributed by atoms with van der Waals surface area (Å²) in [5.41, 5.74) is -0.554. The number of nitrogens with zero attached hydrogens (tertiary/aromatic N) is 2. The van der Waals surface area contributed by atoms with E-state index in [0.29, 0.717) is 0 Å². The Balaban J connectivity index is 1.93. The lowest BCUT2D eigenvalue weighted by Crippen LogP contribution is -2.48. The average Bonchev–Trinajstić information content (AvgIpc) is 2.92. The Morgan fingerprint density at radius 1 is 1.27 bits per heavy atom. The highest BCUT2D eigenvalue weighted by Gasteiger charge is 2.31. The van der Waals surface area contributed by atoms with E-state index in [-0.39, 0.29) is 12.1 Å². The van der Waals surface area contributed by atoms with E-state index in [1.165, 1.54) is 23.3 Å². The van der Waals surface area contributed by atoms with Gasteiger partial charge in [-0.15, -0.1) is 0 Å². The van der Waals surface area contributed by atoms with Gasteiger partial charge in [0, 0.05) is 12.4 Å². The lowest BCUT2D eigenvalue weighted by atomic mass is 9.92. The molecule has 1 amide bonds. The number of alkyl carbamates (subject to hydrolysis) is 1. The molecule has 1 fully saturated rings. The summed E-state index contributed by atoms with van der Waals surface area (Å²) in [7, 11) is 0. The normalized spacial score (nSPS) is 22.0. The summed E-state index contributed by atoms with van der Waals surface area (Å²) in [5.74, 6) is 0. The monoisotopic (exact) mass is 309 g/mol. The highest BCUT2D eigenvalue weighted by molar-refractivity contribution is 5.71. The summed E-state index contributed by atoms with van der Waals surface area (Å²) in [4.78, 5) is 27.7. The van der Waals surface area contributed by atoms with Crippen molar-refractivity contribution in [1.82, 2.24) is 14.9 Å². The molecule has 7 heteroatoms. The summed E-state index contributed by atoms with van der Waals surface area (Å²) in [6, 6.07) is -0.226. The second-order valence-electron chi connectivity index (χ2n) is 6.43. The predicted octanol–water partition coefficient (Wildman–Crippen LogP) is 2.70. The maximum Gasteiger partial charge on any atom is 0.419 e. The Morgan fingerprint density at radius 2 is 2.00 bits per heavy atom. The van der Waals surface area contributed by atoms with Gasteiger partial charge in [-0.25, -0.2) is 19.1 Å². The first-order valence-corrected chi connectivity index (χ1v) is 7.53. The third-order valence-corrected chi connectivity index (χ3v) is 3.37. The van der Waals surface area contributed by atoms with Crippen LogP contribution < -0.4 is 5.32 Å². The van der Waals surface area contributed by atoms with Crippen LogP contribution in [0, 0.1) is 0 Å². The molecule has 1 aliphatic rings. The fraction of sp³-hybridized carbons (Fsp3) is 0.667. The molecule has 0 spiro atoms. The van der Waals surface area contributed by atoms with Crippen LogP contribution in [-0.4, -0.2) is 39.5 Å². The molecule has 1 saturated carbocycles. The van der Waals surface area contributed by atoms with Gasteiger partial charge in [-0.3, -0.25) is 0 Å². The molecule has 0 saturated heterocycles. The van der Waals surface area contributed by atoms with Gasteiger partial charge in [0.2, 0.25) is 0 Å². The van der Waals surface area contributed by atoms with Crippen molar-refractivity contribution < 1.29 is 19.1 Å². The van der Waals surface area contributed by atoms with Crippen LogP contribution in [0.5, 0.6) is 0 Å². The van der Waals surface area contributed by atoms with Gasteiger partial charge in [-0.1, -0.05) is 6.42 Å². The molecule has 1 aromatic heterocycles. The van der Waals surface area contributed by atoms with Crippen molar-refractivity contribution in [2.24, 2.45) is 0 Å². The maximum atomic E-state index is 12.0. The first-order chi connectivity index (χ1) is 10.3. The Labute approximate surface area is 130 Å². The van der Waals surface area contributed by atoms with Crippen molar-refractivity contribution in [3.8, 4) is 0 Å². The third kappa shape index (κ3) is 4.75. The minimum Gasteiger partial charge on any atom is -0.444 e. The summed E-state index contributed by atoms with van der Waals surface area (Å²) < 4.78 is 12.0. The van der Waals surface area contributed by atoms with E-state index < -0.39 is 17.8 Å². The predicted molar refractivity (Wildman–Crippen MR) is 79.5 cm³/mol. The van der Waals surface area contributed by atoms with Crippen molar-refractivity contribution in [2.75, 3.05) is 0 Å². The second-order valence-corrected chi connectivity index (χ2v) is 6.43. The van der Waals surface area contributed by atoms with E-state index in [1.807, 2.05) is 20.8 Å². The van der Waals surface area contributed by atoms with Gasteiger partial charge < -0.3 is 14.8 Å². The molecule has 0 aromatic carbocycles. The van der Waals surface area contributed by atoms with Crippen LogP contribution in [0.15, 0.2) is 18.7 Å². The van der Waals surface area contributed by atoms with Gasteiger partial charge in [0.1, 0.15) is 18.0 Å². The highest BCUT2D eigenvalue weighted by Crippen LogP contribution is 2.22. The number of aromatic nitrogens is 2. The van der Waals surface area contributed by atoms with Gasteiger partial charge in [0.05, 0.1) is 6.04 Å². The van der Waals surface area contributed by atoms with Crippen LogP contribution in [0.1, 0.15) is 46.5 Å². The molecular formula is C15H23N3O4. The number of ether oxygens (including phenoxy) is 2. The molecule has 122 valence electrons. The summed E-state index contributed by atoms with van der Waals surface area (Å²) >= 11 is 0. The molecule has 0 bridgehead atoms. The molecule has 1 N–H and O–H groups in total. The van der Waals surface area contributed by atoms with E-state index in [2.05, 4.69) is 10.3 Å². The van der Waals surface area contributed by atoms with Gasteiger partial charge >= 0.3 is 12.2 Å². The molecule has 22 heavy (non-hydrogen) atoms. The molecule has 2 atom stereocenters. The number of rotatable bonds is 2. The van der Waals surface area contributed by atoms with Crippen molar-refractivity contribution in [1.29, 1.82) is 0 Å². The zero-order chi connectivity index (χ0) is 16.2. The van der Waals surface area contributed by atoms with Crippen LogP contribution in [0.2, 0.25) is 0 Å². The van der Waals surface area contributed by atoms with Crippen LogP contribution in [0.4, 0.5) is 9.59 Å². The molecule has 1 aromatic rings. The number of hydrogen-bond donors (Lipinski definition) is 1. The molecule has 1 aliphatic carbocycles. The zero-order valence-electron chi connectivity index (χ0n) is 13.2. The maximum absolute atomic E-state index is 12.0. The first kappa shape index (κ1) is 16.3. The minimum absolute atomic E-state index is 0.226.